The lowest BCUT2D eigenvalue weighted by Gasteiger charge is -2.34. The summed E-state index contributed by atoms with van der Waals surface area (Å²) >= 11 is 0. The van der Waals surface area contributed by atoms with Crippen LogP contribution in [0.2, 0.25) is 0 Å². The molecule has 10 aromatic rings. The minimum Gasteiger partial charge on any atom is -0.310 e. The van der Waals surface area contributed by atoms with Crippen molar-refractivity contribution in [3.8, 4) is 33.4 Å². The number of nitrogens with zero attached hydrogens (tertiary/aromatic N) is 2. The van der Waals surface area contributed by atoms with Crippen LogP contribution in [0.4, 0.5) is 34.1 Å². The van der Waals surface area contributed by atoms with E-state index in [2.05, 4.69) is 254 Å². The topological polar surface area (TPSA) is 6.48 Å². The molecule has 0 aliphatic heterocycles. The highest BCUT2D eigenvalue weighted by molar-refractivity contribution is 6.13. The average Bonchev–Trinajstić information content (AvgIpc) is 3.91. The van der Waals surface area contributed by atoms with Crippen LogP contribution in [0.5, 0.6) is 0 Å². The van der Waals surface area contributed by atoms with Gasteiger partial charge in [-0.2, -0.15) is 0 Å². The summed E-state index contributed by atoms with van der Waals surface area (Å²) in [5.74, 6) is 0. The molecule has 64 heavy (non-hydrogen) atoms. The van der Waals surface area contributed by atoms with Crippen LogP contribution >= 0.6 is 0 Å². The Kier molecular flexibility index (Phi) is 7.90. The van der Waals surface area contributed by atoms with Crippen LogP contribution in [-0.4, -0.2) is 0 Å². The number of anilines is 6. The SMILES string of the molecule is CC1(C)c2ccccc2-c2c(N(c3ccccc3)c3cc4c(c5ccccc35)-c3ccccc3C43c4ccccc4-c4ccc(N(c5ccccc5)c5ccccc5)cc43)cccc21. The standard InChI is InChI=1S/C62H44N2/c1-61(2)51-32-17-15-30-49(51)60-54(61)35-20-36-57(60)64(43-25-10-5-11-26-43)58-40-56-59(48-29-13-12-28-47(48)58)50-31-16-19-34-53(50)62(56)52-33-18-14-27-45(52)46-38-37-44(39-55(46)62)63(41-21-6-3-7-22-41)42-23-8-4-9-24-42/h3-40H,1-2H3. The van der Waals surface area contributed by atoms with E-state index in [-0.39, 0.29) is 5.41 Å². The molecule has 3 aliphatic carbocycles. The highest BCUT2D eigenvalue weighted by Gasteiger charge is 2.53. The summed E-state index contributed by atoms with van der Waals surface area (Å²) in [7, 11) is 0. The molecule has 0 heterocycles. The van der Waals surface area contributed by atoms with Gasteiger partial charge < -0.3 is 9.80 Å². The van der Waals surface area contributed by atoms with Gasteiger partial charge in [-0.05, 0) is 127 Å². The van der Waals surface area contributed by atoms with E-state index in [0.29, 0.717) is 0 Å². The molecule has 0 bridgehead atoms. The lowest BCUT2D eigenvalue weighted by molar-refractivity contribution is 0.660. The van der Waals surface area contributed by atoms with Gasteiger partial charge in [0.2, 0.25) is 0 Å². The van der Waals surface area contributed by atoms with Crippen LogP contribution < -0.4 is 9.80 Å². The first kappa shape index (κ1) is 36.7. The number of benzene rings is 10. The van der Waals surface area contributed by atoms with E-state index in [0.717, 1.165) is 22.7 Å². The third-order valence-electron chi connectivity index (χ3n) is 14.4. The Morgan fingerprint density at radius 2 is 0.766 bits per heavy atom. The number of para-hydroxylation sites is 3. The zero-order valence-corrected chi connectivity index (χ0v) is 35.8. The van der Waals surface area contributed by atoms with Crippen LogP contribution in [-0.2, 0) is 10.8 Å². The van der Waals surface area contributed by atoms with E-state index < -0.39 is 5.41 Å². The third kappa shape index (κ3) is 4.97. The summed E-state index contributed by atoms with van der Waals surface area (Å²) in [5, 5.41) is 2.48. The number of fused-ring (bicyclic) bond motifs is 15. The van der Waals surface area contributed by atoms with Crippen molar-refractivity contribution in [1.29, 1.82) is 0 Å². The predicted molar refractivity (Wildman–Crippen MR) is 267 cm³/mol. The van der Waals surface area contributed by atoms with Crippen LogP contribution in [0.15, 0.2) is 231 Å². The zero-order valence-electron chi connectivity index (χ0n) is 35.8. The van der Waals surface area contributed by atoms with Gasteiger partial charge in [-0.25, -0.2) is 0 Å². The molecule has 10 aromatic carbocycles. The van der Waals surface area contributed by atoms with Gasteiger partial charge >= 0.3 is 0 Å². The Morgan fingerprint density at radius 3 is 1.42 bits per heavy atom. The molecule has 0 saturated carbocycles. The van der Waals surface area contributed by atoms with Crippen molar-refractivity contribution in [3.05, 3.63) is 264 Å². The van der Waals surface area contributed by atoms with Gasteiger partial charge in [-0.3, -0.25) is 0 Å². The first-order valence-electron chi connectivity index (χ1n) is 22.4. The van der Waals surface area contributed by atoms with Gasteiger partial charge in [-0.1, -0.05) is 184 Å². The average molecular weight is 817 g/mol. The fourth-order valence-electron chi connectivity index (χ4n) is 11.8. The summed E-state index contributed by atoms with van der Waals surface area (Å²) in [6, 6.07) is 85.8. The van der Waals surface area contributed by atoms with Crippen LogP contribution in [0.25, 0.3) is 44.2 Å². The lowest BCUT2D eigenvalue weighted by atomic mass is 9.70. The molecule has 302 valence electrons. The van der Waals surface area contributed by atoms with Crippen LogP contribution in [0, 0.1) is 0 Å². The zero-order chi connectivity index (χ0) is 42.6. The summed E-state index contributed by atoms with van der Waals surface area (Å²) in [6.07, 6.45) is 0. The van der Waals surface area contributed by atoms with Crippen molar-refractivity contribution >= 4 is 44.9 Å². The van der Waals surface area contributed by atoms with Gasteiger partial charge in [0.25, 0.3) is 0 Å². The van der Waals surface area contributed by atoms with Gasteiger partial charge in [0.05, 0.1) is 16.8 Å². The molecular formula is C62H44N2. The molecule has 1 atom stereocenters. The molecule has 1 spiro atoms. The molecule has 3 aliphatic rings. The fourth-order valence-corrected chi connectivity index (χ4v) is 11.8. The Labute approximate surface area is 375 Å². The summed E-state index contributed by atoms with van der Waals surface area (Å²) in [5.41, 5.74) is 21.9. The Morgan fingerprint density at radius 1 is 0.281 bits per heavy atom. The Bertz CT molecular complexity index is 3440. The van der Waals surface area contributed by atoms with Crippen molar-refractivity contribution in [2.45, 2.75) is 24.7 Å². The van der Waals surface area contributed by atoms with Gasteiger partial charge in [-0.15, -0.1) is 0 Å². The van der Waals surface area contributed by atoms with E-state index in [9.17, 15) is 0 Å². The molecule has 2 heteroatoms. The number of hydrogen-bond acceptors (Lipinski definition) is 2. The first-order valence-corrected chi connectivity index (χ1v) is 22.4. The highest BCUT2D eigenvalue weighted by atomic mass is 15.2. The first-order chi connectivity index (χ1) is 31.5. The summed E-state index contributed by atoms with van der Waals surface area (Å²) in [6.45, 7) is 4.75. The fraction of sp³-hybridized carbons (Fsp3) is 0.0645. The molecule has 0 radical (unpaired) electrons. The molecule has 0 saturated heterocycles. The van der Waals surface area contributed by atoms with Crippen molar-refractivity contribution in [1.82, 2.24) is 0 Å². The molecule has 0 N–H and O–H groups in total. The minimum atomic E-state index is -0.596. The molecule has 0 amide bonds. The maximum atomic E-state index is 2.57. The normalized spacial score (nSPS) is 15.5. The third-order valence-corrected chi connectivity index (χ3v) is 14.4. The maximum Gasteiger partial charge on any atom is 0.0727 e. The molecule has 1 unspecified atom stereocenters. The van der Waals surface area contributed by atoms with E-state index in [1.807, 2.05) is 0 Å². The monoisotopic (exact) mass is 816 g/mol. The summed E-state index contributed by atoms with van der Waals surface area (Å²) < 4.78 is 0. The quantitative estimate of drug-likeness (QED) is 0.165. The molecule has 0 fully saturated rings. The molecule has 0 aromatic heterocycles. The second kappa shape index (κ2) is 13.8. The lowest BCUT2D eigenvalue weighted by Crippen LogP contribution is -2.26. The minimum absolute atomic E-state index is 0.141. The van der Waals surface area contributed by atoms with Crippen molar-refractivity contribution in [3.63, 3.8) is 0 Å². The Hall–Kier alpha value is -7.94. The predicted octanol–water partition coefficient (Wildman–Crippen LogP) is 16.4. The van der Waals surface area contributed by atoms with Crippen molar-refractivity contribution < 1.29 is 0 Å². The van der Waals surface area contributed by atoms with E-state index >= 15 is 0 Å². The van der Waals surface area contributed by atoms with Crippen LogP contribution in [0.1, 0.15) is 47.2 Å². The van der Waals surface area contributed by atoms with Crippen molar-refractivity contribution in [2.75, 3.05) is 9.80 Å². The number of rotatable bonds is 6. The van der Waals surface area contributed by atoms with Crippen molar-refractivity contribution in [2.24, 2.45) is 0 Å². The largest absolute Gasteiger partial charge is 0.310 e. The van der Waals surface area contributed by atoms with E-state index in [4.69, 9.17) is 0 Å². The van der Waals surface area contributed by atoms with E-state index in [1.165, 1.54) is 88.9 Å². The smallest absolute Gasteiger partial charge is 0.0727 e. The molecule has 2 nitrogen and oxygen atoms in total. The van der Waals surface area contributed by atoms with E-state index in [1.54, 1.807) is 0 Å². The maximum absolute atomic E-state index is 2.57. The highest BCUT2D eigenvalue weighted by Crippen LogP contribution is 2.66. The van der Waals surface area contributed by atoms with Gasteiger partial charge in [0, 0.05) is 39.1 Å². The molecule has 13 rings (SSSR count). The molecular weight excluding hydrogens is 773 g/mol. The second-order valence-corrected chi connectivity index (χ2v) is 18.0. The van der Waals surface area contributed by atoms with Crippen LogP contribution in [0.3, 0.4) is 0 Å². The summed E-state index contributed by atoms with van der Waals surface area (Å²) in [4.78, 5) is 4.96. The number of hydrogen-bond donors (Lipinski definition) is 0. The van der Waals surface area contributed by atoms with Gasteiger partial charge in [0.15, 0.2) is 0 Å². The second-order valence-electron chi connectivity index (χ2n) is 18.0. The van der Waals surface area contributed by atoms with Gasteiger partial charge in [0.1, 0.15) is 0 Å². The Balaban J connectivity index is 1.14.